The minimum absolute atomic E-state index is 0.228. The molecule has 1 aromatic rings. The van der Waals surface area contributed by atoms with Crippen molar-refractivity contribution in [1.29, 1.82) is 0 Å². The van der Waals surface area contributed by atoms with Crippen LogP contribution in [0, 0.1) is 10.1 Å². The Morgan fingerprint density at radius 2 is 1.86 bits per heavy atom. The number of benzene rings is 1. The second kappa shape index (κ2) is 7.29. The molecular formula is C15H19NO2S3. The number of hydrogen-bond donors (Lipinski definition) is 0. The normalized spacial score (nSPS) is 20.8. The Kier molecular flexibility index (Phi) is 5.40. The van der Waals surface area contributed by atoms with Crippen molar-refractivity contribution in [1.82, 2.24) is 0 Å². The van der Waals surface area contributed by atoms with Gasteiger partial charge in [0.2, 0.25) is 0 Å². The molecule has 114 valence electrons. The zero-order valence-corrected chi connectivity index (χ0v) is 14.3. The number of nitrogens with zero attached hydrogens (tertiary/aromatic N) is 1. The molecule has 0 aromatic heterocycles. The maximum atomic E-state index is 11.1. The van der Waals surface area contributed by atoms with Crippen LogP contribution in [0.5, 0.6) is 0 Å². The van der Waals surface area contributed by atoms with Crippen molar-refractivity contribution < 1.29 is 4.92 Å². The summed E-state index contributed by atoms with van der Waals surface area (Å²) in [4.78, 5) is 12.0. The zero-order chi connectivity index (χ0) is 14.7. The summed E-state index contributed by atoms with van der Waals surface area (Å²) in [6.45, 7) is 0. The van der Waals surface area contributed by atoms with Crippen LogP contribution in [0.2, 0.25) is 0 Å². The molecule has 0 N–H and O–H groups in total. The lowest BCUT2D eigenvalue weighted by atomic mass is 10.0. The predicted molar refractivity (Wildman–Crippen MR) is 93.5 cm³/mol. The Labute approximate surface area is 138 Å². The molecule has 3 nitrogen and oxygen atoms in total. The zero-order valence-electron chi connectivity index (χ0n) is 11.8. The largest absolute Gasteiger partial charge is 0.269 e. The smallest absolute Gasteiger partial charge is 0.258 e. The van der Waals surface area contributed by atoms with E-state index in [-0.39, 0.29) is 10.6 Å². The molecule has 0 unspecified atom stereocenters. The SMILES string of the molecule is O=[N+]([O-])c1ccc(SC2CCCCC2)c(C2SCCS2)c1. The highest BCUT2D eigenvalue weighted by Gasteiger charge is 2.25. The number of non-ortho nitro benzene ring substituents is 1. The average molecular weight is 342 g/mol. The van der Waals surface area contributed by atoms with Gasteiger partial charge in [0.1, 0.15) is 0 Å². The molecule has 1 saturated carbocycles. The van der Waals surface area contributed by atoms with Gasteiger partial charge in [0, 0.05) is 33.8 Å². The molecular weight excluding hydrogens is 322 g/mol. The van der Waals surface area contributed by atoms with E-state index in [9.17, 15) is 10.1 Å². The maximum absolute atomic E-state index is 11.1. The summed E-state index contributed by atoms with van der Waals surface area (Å²) in [6.07, 6.45) is 6.58. The van der Waals surface area contributed by atoms with Crippen LogP contribution < -0.4 is 0 Å². The molecule has 1 heterocycles. The van der Waals surface area contributed by atoms with E-state index >= 15 is 0 Å². The number of rotatable bonds is 4. The first kappa shape index (κ1) is 15.6. The lowest BCUT2D eigenvalue weighted by Crippen LogP contribution is -2.08. The van der Waals surface area contributed by atoms with Crippen molar-refractivity contribution in [2.24, 2.45) is 0 Å². The van der Waals surface area contributed by atoms with Gasteiger partial charge in [0.05, 0.1) is 9.51 Å². The van der Waals surface area contributed by atoms with Crippen LogP contribution in [0.25, 0.3) is 0 Å². The van der Waals surface area contributed by atoms with E-state index in [1.54, 1.807) is 12.1 Å². The quantitative estimate of drug-likeness (QED) is 0.534. The summed E-state index contributed by atoms with van der Waals surface area (Å²) >= 11 is 5.79. The third-order valence-corrected chi connectivity index (χ3v) is 8.42. The number of hydrogen-bond acceptors (Lipinski definition) is 5. The maximum Gasteiger partial charge on any atom is 0.269 e. The molecule has 2 aliphatic rings. The lowest BCUT2D eigenvalue weighted by molar-refractivity contribution is -0.385. The van der Waals surface area contributed by atoms with Gasteiger partial charge in [-0.3, -0.25) is 10.1 Å². The molecule has 0 radical (unpaired) electrons. The summed E-state index contributed by atoms with van der Waals surface area (Å²) in [5.74, 6) is 2.29. The molecule has 2 fully saturated rings. The molecule has 3 rings (SSSR count). The van der Waals surface area contributed by atoms with Crippen molar-refractivity contribution in [3.63, 3.8) is 0 Å². The van der Waals surface area contributed by atoms with Gasteiger partial charge in [-0.1, -0.05) is 19.3 Å². The van der Waals surface area contributed by atoms with Crippen molar-refractivity contribution in [2.75, 3.05) is 11.5 Å². The first-order chi connectivity index (χ1) is 10.2. The van der Waals surface area contributed by atoms with Gasteiger partial charge in [0.25, 0.3) is 5.69 Å². The van der Waals surface area contributed by atoms with E-state index in [1.165, 1.54) is 42.6 Å². The van der Waals surface area contributed by atoms with E-state index in [1.807, 2.05) is 41.4 Å². The molecule has 1 saturated heterocycles. The van der Waals surface area contributed by atoms with Crippen molar-refractivity contribution in [2.45, 2.75) is 46.8 Å². The van der Waals surface area contributed by atoms with Crippen LogP contribution in [0.1, 0.15) is 42.2 Å². The lowest BCUT2D eigenvalue weighted by Gasteiger charge is -2.23. The van der Waals surface area contributed by atoms with Gasteiger partial charge in [0.15, 0.2) is 0 Å². The van der Waals surface area contributed by atoms with E-state index in [0.29, 0.717) is 9.83 Å². The number of nitro benzene ring substituents is 1. The topological polar surface area (TPSA) is 43.1 Å². The summed E-state index contributed by atoms with van der Waals surface area (Å²) < 4.78 is 0.371. The highest BCUT2D eigenvalue weighted by molar-refractivity contribution is 8.19. The monoisotopic (exact) mass is 341 g/mol. The van der Waals surface area contributed by atoms with E-state index in [4.69, 9.17) is 0 Å². The van der Waals surface area contributed by atoms with Crippen LogP contribution >= 0.6 is 35.3 Å². The molecule has 0 spiro atoms. The molecule has 0 bridgehead atoms. The molecule has 21 heavy (non-hydrogen) atoms. The van der Waals surface area contributed by atoms with Gasteiger partial charge in [-0.15, -0.1) is 35.3 Å². The second-order valence-electron chi connectivity index (χ2n) is 5.43. The standard InChI is InChI=1S/C15H19NO2S3/c17-16(18)11-6-7-14(21-12-4-2-1-3-5-12)13(10-11)15-19-8-9-20-15/h6-7,10,12,15H,1-5,8-9H2. The summed E-state index contributed by atoms with van der Waals surface area (Å²) in [7, 11) is 0. The Hall–Kier alpha value is -0.330. The molecule has 0 amide bonds. The number of nitro groups is 1. The van der Waals surface area contributed by atoms with Crippen LogP contribution in [0.3, 0.4) is 0 Å². The molecule has 1 aliphatic carbocycles. The fourth-order valence-corrected chi connectivity index (χ4v) is 7.29. The Balaban J connectivity index is 1.84. The Bertz CT molecular complexity index is 512. The summed E-state index contributed by atoms with van der Waals surface area (Å²) in [5, 5.41) is 11.7. The van der Waals surface area contributed by atoms with Gasteiger partial charge >= 0.3 is 0 Å². The molecule has 6 heteroatoms. The minimum atomic E-state index is -0.275. The van der Waals surface area contributed by atoms with Crippen LogP contribution in [-0.4, -0.2) is 21.7 Å². The highest BCUT2D eigenvalue weighted by atomic mass is 32.2. The van der Waals surface area contributed by atoms with Crippen molar-refractivity contribution in [3.8, 4) is 0 Å². The fraction of sp³-hybridized carbons (Fsp3) is 0.600. The van der Waals surface area contributed by atoms with E-state index in [0.717, 1.165) is 11.5 Å². The van der Waals surface area contributed by atoms with Crippen LogP contribution in [0.4, 0.5) is 5.69 Å². The minimum Gasteiger partial charge on any atom is -0.258 e. The van der Waals surface area contributed by atoms with Crippen LogP contribution in [0.15, 0.2) is 23.1 Å². The Morgan fingerprint density at radius 1 is 1.14 bits per heavy atom. The molecule has 0 atom stereocenters. The summed E-state index contributed by atoms with van der Waals surface area (Å²) in [5.41, 5.74) is 1.40. The van der Waals surface area contributed by atoms with E-state index < -0.39 is 0 Å². The van der Waals surface area contributed by atoms with Gasteiger partial charge in [-0.2, -0.15) is 0 Å². The first-order valence-electron chi connectivity index (χ1n) is 7.42. The first-order valence-corrected chi connectivity index (χ1v) is 10.4. The third-order valence-electron chi connectivity index (χ3n) is 3.93. The number of thioether (sulfide) groups is 3. The fourth-order valence-electron chi connectivity index (χ4n) is 2.84. The highest BCUT2D eigenvalue weighted by Crippen LogP contribution is 2.50. The van der Waals surface area contributed by atoms with Gasteiger partial charge in [-0.25, -0.2) is 0 Å². The van der Waals surface area contributed by atoms with Crippen molar-refractivity contribution >= 4 is 41.0 Å². The summed E-state index contributed by atoms with van der Waals surface area (Å²) in [6, 6.07) is 5.45. The molecule has 1 aromatic carbocycles. The van der Waals surface area contributed by atoms with E-state index in [2.05, 4.69) is 0 Å². The Morgan fingerprint density at radius 3 is 2.52 bits per heavy atom. The van der Waals surface area contributed by atoms with Gasteiger partial charge in [-0.05, 0) is 24.5 Å². The van der Waals surface area contributed by atoms with Crippen LogP contribution in [-0.2, 0) is 0 Å². The van der Waals surface area contributed by atoms with Crippen molar-refractivity contribution in [3.05, 3.63) is 33.9 Å². The average Bonchev–Trinajstić information content (AvgIpc) is 3.02. The van der Waals surface area contributed by atoms with Gasteiger partial charge < -0.3 is 0 Å². The molecule has 1 aliphatic heterocycles. The predicted octanol–water partition coefficient (Wildman–Crippen LogP) is 5.50. The third kappa shape index (κ3) is 3.90. The second-order valence-corrected chi connectivity index (χ2v) is 9.50.